The van der Waals surface area contributed by atoms with Crippen LogP contribution in [0.4, 0.5) is 0 Å². The third-order valence-corrected chi connectivity index (χ3v) is 5.54. The molecular formula is C30H45N5O9. The van der Waals surface area contributed by atoms with Crippen LogP contribution < -0.4 is 5.32 Å². The van der Waals surface area contributed by atoms with Gasteiger partial charge in [-0.3, -0.25) is 4.79 Å². The van der Waals surface area contributed by atoms with E-state index in [4.69, 9.17) is 44.3 Å². The molecule has 14 heteroatoms. The molecule has 14 nitrogen and oxygen atoms in total. The van der Waals surface area contributed by atoms with Gasteiger partial charge in [-0.25, -0.2) is 0 Å². The first-order chi connectivity index (χ1) is 21.7. The van der Waals surface area contributed by atoms with Crippen LogP contribution in [0.15, 0.2) is 24.3 Å². The molecule has 0 saturated heterocycles. The van der Waals surface area contributed by atoms with E-state index in [-0.39, 0.29) is 12.3 Å². The van der Waals surface area contributed by atoms with Gasteiger partial charge in [0.25, 0.3) is 0 Å². The number of amides is 1. The Morgan fingerprint density at radius 2 is 1.05 bits per heavy atom. The van der Waals surface area contributed by atoms with Gasteiger partial charge in [0.15, 0.2) is 5.82 Å². The number of rotatable bonds is 28. The maximum Gasteiger partial charge on any atom is 0.222 e. The predicted octanol–water partition coefficient (Wildman–Crippen LogP) is 1.01. The number of hydrogen-bond acceptors (Lipinski definition) is 13. The van der Waals surface area contributed by atoms with Crippen molar-refractivity contribution in [2.24, 2.45) is 0 Å². The quantitative estimate of drug-likeness (QED) is 0.107. The van der Waals surface area contributed by atoms with E-state index in [0.29, 0.717) is 124 Å². The summed E-state index contributed by atoms with van der Waals surface area (Å²) in [5.74, 6) is 3.28. The molecule has 0 aliphatic heterocycles. The van der Waals surface area contributed by atoms with Crippen LogP contribution in [0.1, 0.15) is 17.8 Å². The SMILES string of the molecule is C#CCOCCOCCOCCOCCOCCOCCOCCOCCC(=O)NCc1ccc(-c2nnc(C)nn2)cc1. The van der Waals surface area contributed by atoms with Crippen LogP contribution in [0, 0.1) is 19.3 Å². The molecule has 244 valence electrons. The molecule has 0 spiro atoms. The molecule has 2 rings (SSSR count). The predicted molar refractivity (Wildman–Crippen MR) is 160 cm³/mol. The van der Waals surface area contributed by atoms with E-state index >= 15 is 0 Å². The zero-order valence-corrected chi connectivity index (χ0v) is 25.6. The number of nitrogens with one attached hydrogen (secondary N) is 1. The monoisotopic (exact) mass is 619 g/mol. The van der Waals surface area contributed by atoms with Crippen molar-refractivity contribution in [3.8, 4) is 23.7 Å². The number of carbonyl (C=O) groups is 1. The topological polar surface area (TPSA) is 154 Å². The van der Waals surface area contributed by atoms with Gasteiger partial charge in [0, 0.05) is 18.5 Å². The third-order valence-electron chi connectivity index (χ3n) is 5.54. The van der Waals surface area contributed by atoms with Crippen molar-refractivity contribution in [3.63, 3.8) is 0 Å². The van der Waals surface area contributed by atoms with Gasteiger partial charge < -0.3 is 43.2 Å². The zero-order chi connectivity index (χ0) is 31.3. The van der Waals surface area contributed by atoms with Gasteiger partial charge in [-0.2, -0.15) is 0 Å². The van der Waals surface area contributed by atoms with Crippen molar-refractivity contribution in [2.75, 3.05) is 106 Å². The fourth-order valence-electron chi connectivity index (χ4n) is 3.29. The number of terminal acetylenes is 1. The first kappa shape index (κ1) is 37.1. The summed E-state index contributed by atoms with van der Waals surface area (Å²) in [6.07, 6.45) is 5.35. The highest BCUT2D eigenvalue weighted by atomic mass is 16.6. The Hall–Kier alpha value is -3.13. The van der Waals surface area contributed by atoms with Crippen molar-refractivity contribution in [1.29, 1.82) is 0 Å². The zero-order valence-electron chi connectivity index (χ0n) is 25.6. The molecule has 44 heavy (non-hydrogen) atoms. The number of hydrogen-bond donors (Lipinski definition) is 1. The highest BCUT2D eigenvalue weighted by Crippen LogP contribution is 2.14. The van der Waals surface area contributed by atoms with Crippen LogP contribution >= 0.6 is 0 Å². The molecule has 1 N–H and O–H groups in total. The molecular weight excluding hydrogens is 574 g/mol. The Labute approximate surface area is 259 Å². The molecule has 0 aliphatic carbocycles. The number of benzene rings is 1. The minimum atomic E-state index is -0.0848. The van der Waals surface area contributed by atoms with Crippen LogP contribution in [0.25, 0.3) is 11.4 Å². The minimum absolute atomic E-state index is 0.0848. The van der Waals surface area contributed by atoms with Gasteiger partial charge in [0.05, 0.1) is 99.1 Å². The highest BCUT2D eigenvalue weighted by Gasteiger charge is 2.05. The Balaban J connectivity index is 1.27. The lowest BCUT2D eigenvalue weighted by Crippen LogP contribution is -2.24. The maximum atomic E-state index is 12.1. The second-order valence-corrected chi connectivity index (χ2v) is 9.04. The molecule has 0 bridgehead atoms. The molecule has 0 saturated carbocycles. The molecule has 0 aliphatic rings. The molecule has 0 fully saturated rings. The fraction of sp³-hybridized carbons (Fsp3) is 0.633. The van der Waals surface area contributed by atoms with E-state index in [2.05, 4.69) is 31.6 Å². The molecule has 0 radical (unpaired) electrons. The largest absolute Gasteiger partial charge is 0.379 e. The summed E-state index contributed by atoms with van der Waals surface area (Å²) in [6, 6.07) is 7.55. The lowest BCUT2D eigenvalue weighted by Gasteiger charge is -2.09. The van der Waals surface area contributed by atoms with E-state index in [1.165, 1.54) is 0 Å². The molecule has 1 heterocycles. The lowest BCUT2D eigenvalue weighted by atomic mass is 10.1. The van der Waals surface area contributed by atoms with Gasteiger partial charge in [-0.05, 0) is 12.5 Å². The van der Waals surface area contributed by atoms with Crippen molar-refractivity contribution in [3.05, 3.63) is 35.7 Å². The number of aromatic nitrogens is 4. The Morgan fingerprint density at radius 1 is 0.636 bits per heavy atom. The summed E-state index contributed by atoms with van der Waals surface area (Å²) in [7, 11) is 0. The van der Waals surface area contributed by atoms with E-state index in [1.54, 1.807) is 6.92 Å². The van der Waals surface area contributed by atoms with Crippen molar-refractivity contribution >= 4 is 5.91 Å². The van der Waals surface area contributed by atoms with Crippen LogP contribution in [-0.2, 0) is 49.2 Å². The molecule has 2 aromatic rings. The molecule has 0 atom stereocenters. The van der Waals surface area contributed by atoms with Gasteiger partial charge >= 0.3 is 0 Å². The van der Waals surface area contributed by atoms with E-state index in [1.807, 2.05) is 24.3 Å². The van der Waals surface area contributed by atoms with Gasteiger partial charge in [0.1, 0.15) is 6.61 Å². The van der Waals surface area contributed by atoms with Crippen LogP contribution in [0.5, 0.6) is 0 Å². The van der Waals surface area contributed by atoms with Crippen molar-refractivity contribution in [2.45, 2.75) is 19.9 Å². The maximum absolute atomic E-state index is 12.1. The number of aryl methyl sites for hydroxylation is 1. The van der Waals surface area contributed by atoms with E-state index < -0.39 is 0 Å². The average Bonchev–Trinajstić information content (AvgIpc) is 3.04. The van der Waals surface area contributed by atoms with Gasteiger partial charge in [-0.15, -0.1) is 26.8 Å². The standard InChI is InChI=1S/C30H45N5O9/c1-3-9-37-11-13-39-15-17-41-19-21-43-23-24-44-22-20-42-18-16-40-14-12-38-10-8-29(36)31-25-27-4-6-28(7-5-27)30-34-32-26(2)33-35-30/h1,4-7H,8-25H2,2H3,(H,31,36). The molecule has 0 unspecified atom stereocenters. The molecule has 1 aromatic carbocycles. The summed E-state index contributed by atoms with van der Waals surface area (Å²) in [6.45, 7) is 9.46. The first-order valence-electron chi connectivity index (χ1n) is 14.6. The van der Waals surface area contributed by atoms with Crippen molar-refractivity contribution in [1.82, 2.24) is 25.7 Å². The molecule has 1 amide bonds. The Bertz CT molecular complexity index is 1020. The summed E-state index contributed by atoms with van der Waals surface area (Å²) < 4.78 is 43.1. The lowest BCUT2D eigenvalue weighted by molar-refractivity contribution is -0.122. The summed E-state index contributed by atoms with van der Waals surface area (Å²) >= 11 is 0. The van der Waals surface area contributed by atoms with Crippen LogP contribution in [0.3, 0.4) is 0 Å². The first-order valence-corrected chi connectivity index (χ1v) is 14.6. The minimum Gasteiger partial charge on any atom is -0.379 e. The third kappa shape index (κ3) is 19.9. The second-order valence-electron chi connectivity index (χ2n) is 9.04. The van der Waals surface area contributed by atoms with E-state index in [0.717, 1.165) is 11.1 Å². The second kappa shape index (κ2) is 26.3. The van der Waals surface area contributed by atoms with E-state index in [9.17, 15) is 4.79 Å². The Morgan fingerprint density at radius 3 is 1.48 bits per heavy atom. The van der Waals surface area contributed by atoms with Crippen molar-refractivity contribution < 1.29 is 42.7 Å². The summed E-state index contributed by atoms with van der Waals surface area (Å²) in [5.41, 5.74) is 1.77. The van der Waals surface area contributed by atoms with Gasteiger partial charge in [-0.1, -0.05) is 30.2 Å². The summed E-state index contributed by atoms with van der Waals surface area (Å²) in [5, 5.41) is 18.7. The number of ether oxygens (including phenoxy) is 8. The van der Waals surface area contributed by atoms with Crippen LogP contribution in [-0.4, -0.2) is 132 Å². The highest BCUT2D eigenvalue weighted by molar-refractivity contribution is 5.76. The molecule has 1 aromatic heterocycles. The summed E-state index contributed by atoms with van der Waals surface area (Å²) in [4.78, 5) is 12.1. The Kier molecular flexibility index (Phi) is 22.1. The smallest absolute Gasteiger partial charge is 0.222 e. The fourth-order valence-corrected chi connectivity index (χ4v) is 3.29. The normalized spacial score (nSPS) is 11.0. The average molecular weight is 620 g/mol. The number of carbonyl (C=O) groups excluding carboxylic acids is 1. The van der Waals surface area contributed by atoms with Gasteiger partial charge in [0.2, 0.25) is 11.7 Å². The van der Waals surface area contributed by atoms with Crippen LogP contribution in [0.2, 0.25) is 0 Å². The number of nitrogens with zero attached hydrogens (tertiary/aromatic N) is 4.